The van der Waals surface area contributed by atoms with Crippen LogP contribution in [0, 0.1) is 12.8 Å². The van der Waals surface area contributed by atoms with E-state index < -0.39 is 0 Å². The minimum Gasteiger partial charge on any atom is -0.497 e. The van der Waals surface area contributed by atoms with Gasteiger partial charge in [-0.25, -0.2) is 0 Å². The topological polar surface area (TPSA) is 12.5 Å². The minimum atomic E-state index is 0.281. The Morgan fingerprint density at radius 3 is 1.80 bits per heavy atom. The highest BCUT2D eigenvalue weighted by molar-refractivity contribution is 5.71. The number of rotatable bonds is 5. The predicted octanol–water partition coefficient (Wildman–Crippen LogP) is 7.33. The maximum Gasteiger partial charge on any atom is 0.118 e. The van der Waals surface area contributed by atoms with E-state index in [4.69, 9.17) is 4.74 Å². The Labute approximate surface area is 180 Å². The van der Waals surface area contributed by atoms with Crippen LogP contribution in [0.2, 0.25) is 0 Å². The fourth-order valence-corrected chi connectivity index (χ4v) is 4.11. The van der Waals surface area contributed by atoms with Gasteiger partial charge >= 0.3 is 0 Å². The van der Waals surface area contributed by atoms with Gasteiger partial charge in [0.1, 0.15) is 5.75 Å². The average molecular weight is 396 g/mol. The van der Waals surface area contributed by atoms with Crippen LogP contribution in [0.25, 0.3) is 11.1 Å². The zero-order valence-corrected chi connectivity index (χ0v) is 18.2. The van der Waals surface area contributed by atoms with Crippen molar-refractivity contribution < 1.29 is 4.74 Å². The van der Waals surface area contributed by atoms with E-state index in [1.807, 2.05) is 12.1 Å². The van der Waals surface area contributed by atoms with E-state index in [9.17, 15) is 0 Å². The van der Waals surface area contributed by atoms with Gasteiger partial charge in [0.05, 0.1) is 13.2 Å². The molecule has 2 heteroatoms. The van der Waals surface area contributed by atoms with Crippen molar-refractivity contribution in [3.05, 3.63) is 102 Å². The van der Waals surface area contributed by atoms with Crippen molar-refractivity contribution in [3.63, 3.8) is 0 Å². The summed E-state index contributed by atoms with van der Waals surface area (Å²) in [7, 11) is 1.70. The number of aryl methyl sites for hydroxylation is 1. The third-order valence-electron chi connectivity index (χ3n) is 5.80. The van der Waals surface area contributed by atoms with Crippen molar-refractivity contribution in [1.82, 2.24) is 0 Å². The van der Waals surface area contributed by atoms with Crippen LogP contribution in [-0.4, -0.2) is 13.2 Å². The summed E-state index contributed by atoms with van der Waals surface area (Å²) in [6, 6.07) is 26.2. The quantitative estimate of drug-likeness (QED) is 0.448. The molecule has 0 radical (unpaired) electrons. The molecular formula is C28H29NO. The molecule has 2 atom stereocenters. The Balaban J connectivity index is 1.70. The molecule has 0 amide bonds. The van der Waals surface area contributed by atoms with Crippen molar-refractivity contribution in [2.75, 3.05) is 12.0 Å². The van der Waals surface area contributed by atoms with E-state index in [0.29, 0.717) is 5.92 Å². The molecule has 30 heavy (non-hydrogen) atoms. The lowest BCUT2D eigenvalue weighted by atomic mass is 9.91. The van der Waals surface area contributed by atoms with Gasteiger partial charge in [0, 0.05) is 11.4 Å². The third kappa shape index (κ3) is 4.18. The molecule has 0 aliphatic heterocycles. The van der Waals surface area contributed by atoms with E-state index in [1.54, 1.807) is 7.11 Å². The predicted molar refractivity (Wildman–Crippen MR) is 128 cm³/mol. The zero-order valence-electron chi connectivity index (χ0n) is 18.2. The lowest BCUT2D eigenvalue weighted by Gasteiger charge is -2.36. The second kappa shape index (κ2) is 8.62. The molecule has 3 aromatic carbocycles. The molecule has 0 N–H and O–H groups in total. The van der Waals surface area contributed by atoms with Crippen molar-refractivity contribution in [1.29, 1.82) is 0 Å². The molecule has 0 bridgehead atoms. The first-order chi connectivity index (χ1) is 14.5. The van der Waals surface area contributed by atoms with E-state index in [1.165, 1.54) is 33.6 Å². The van der Waals surface area contributed by atoms with Crippen LogP contribution in [-0.2, 0) is 0 Å². The van der Waals surface area contributed by atoms with Gasteiger partial charge < -0.3 is 9.64 Å². The standard InChI is InChI=1S/C28H29NO/c1-20-5-12-25(13-6-20)29(28-18-7-21(2)19-22(28)3)26-14-8-23(9-15-26)24-10-16-27(30-4)17-11-24/h5-19,22,28H,1-4H3. The maximum atomic E-state index is 5.28. The smallest absolute Gasteiger partial charge is 0.118 e. The number of hydrogen-bond donors (Lipinski definition) is 0. The molecule has 2 unspecified atom stereocenters. The van der Waals surface area contributed by atoms with Gasteiger partial charge in [-0.15, -0.1) is 0 Å². The highest BCUT2D eigenvalue weighted by atomic mass is 16.5. The fourth-order valence-electron chi connectivity index (χ4n) is 4.11. The first-order valence-corrected chi connectivity index (χ1v) is 10.5. The summed E-state index contributed by atoms with van der Waals surface area (Å²) < 4.78 is 5.28. The third-order valence-corrected chi connectivity index (χ3v) is 5.80. The first-order valence-electron chi connectivity index (χ1n) is 10.5. The summed E-state index contributed by atoms with van der Waals surface area (Å²) in [6.45, 7) is 6.60. The molecule has 2 nitrogen and oxygen atoms in total. The van der Waals surface area contributed by atoms with Crippen molar-refractivity contribution in [2.45, 2.75) is 26.8 Å². The van der Waals surface area contributed by atoms with Gasteiger partial charge in [-0.2, -0.15) is 0 Å². The van der Waals surface area contributed by atoms with Crippen LogP contribution >= 0.6 is 0 Å². The number of anilines is 2. The Bertz CT molecular complexity index is 1040. The molecule has 0 heterocycles. The molecule has 0 saturated carbocycles. The number of hydrogen-bond acceptors (Lipinski definition) is 2. The molecule has 1 aliphatic rings. The van der Waals surface area contributed by atoms with Crippen LogP contribution < -0.4 is 9.64 Å². The van der Waals surface area contributed by atoms with Gasteiger partial charge in [-0.1, -0.05) is 72.7 Å². The number of ether oxygens (including phenoxy) is 1. The molecule has 152 valence electrons. The SMILES string of the molecule is COc1ccc(-c2ccc(N(c3ccc(C)cc3)C3C=CC(C)=CC3C)cc2)cc1. The van der Waals surface area contributed by atoms with Crippen molar-refractivity contribution in [3.8, 4) is 16.9 Å². The summed E-state index contributed by atoms with van der Waals surface area (Å²) in [5, 5.41) is 0. The van der Waals surface area contributed by atoms with E-state index in [-0.39, 0.29) is 6.04 Å². The second-order valence-corrected chi connectivity index (χ2v) is 8.10. The largest absolute Gasteiger partial charge is 0.497 e. The highest BCUT2D eigenvalue weighted by Gasteiger charge is 2.25. The van der Waals surface area contributed by atoms with Gasteiger partial charge in [0.2, 0.25) is 0 Å². The maximum absolute atomic E-state index is 5.28. The normalized spacial score (nSPS) is 18.1. The number of methoxy groups -OCH3 is 1. The van der Waals surface area contributed by atoms with Gasteiger partial charge in [-0.3, -0.25) is 0 Å². The van der Waals surface area contributed by atoms with E-state index in [0.717, 1.165) is 5.75 Å². The molecule has 4 rings (SSSR count). The minimum absolute atomic E-state index is 0.281. The Morgan fingerprint density at radius 2 is 1.27 bits per heavy atom. The molecule has 3 aromatic rings. The van der Waals surface area contributed by atoms with Crippen LogP contribution in [0.15, 0.2) is 96.6 Å². The van der Waals surface area contributed by atoms with Gasteiger partial charge in [0.25, 0.3) is 0 Å². The highest BCUT2D eigenvalue weighted by Crippen LogP contribution is 2.35. The van der Waals surface area contributed by atoms with Gasteiger partial charge in [0.15, 0.2) is 0 Å². The Morgan fingerprint density at radius 1 is 0.733 bits per heavy atom. The van der Waals surface area contributed by atoms with E-state index >= 15 is 0 Å². The summed E-state index contributed by atoms with van der Waals surface area (Å²) in [4.78, 5) is 2.45. The molecule has 1 aliphatic carbocycles. The van der Waals surface area contributed by atoms with Gasteiger partial charge in [-0.05, 0) is 67.3 Å². The zero-order chi connectivity index (χ0) is 21.1. The Hall–Kier alpha value is -3.26. The fraction of sp³-hybridized carbons (Fsp3) is 0.214. The summed E-state index contributed by atoms with van der Waals surface area (Å²) in [5.41, 5.74) is 7.41. The van der Waals surface area contributed by atoms with E-state index in [2.05, 4.69) is 105 Å². The molecule has 0 spiro atoms. The monoisotopic (exact) mass is 395 g/mol. The van der Waals surface area contributed by atoms with Crippen LogP contribution in [0.3, 0.4) is 0 Å². The average Bonchev–Trinajstić information content (AvgIpc) is 2.77. The van der Waals surface area contributed by atoms with Crippen molar-refractivity contribution >= 4 is 11.4 Å². The lowest BCUT2D eigenvalue weighted by Crippen LogP contribution is -2.35. The number of allylic oxidation sites excluding steroid dienone is 2. The first kappa shape index (κ1) is 20.0. The lowest BCUT2D eigenvalue weighted by molar-refractivity contribution is 0.415. The molecule has 0 fully saturated rings. The van der Waals surface area contributed by atoms with Crippen LogP contribution in [0.4, 0.5) is 11.4 Å². The van der Waals surface area contributed by atoms with Crippen LogP contribution in [0.5, 0.6) is 5.75 Å². The molecule has 0 saturated heterocycles. The number of benzene rings is 3. The van der Waals surface area contributed by atoms with Crippen molar-refractivity contribution in [2.24, 2.45) is 5.92 Å². The molecule has 0 aromatic heterocycles. The summed E-state index contributed by atoms with van der Waals surface area (Å²) in [6.07, 6.45) is 6.92. The second-order valence-electron chi connectivity index (χ2n) is 8.10. The summed E-state index contributed by atoms with van der Waals surface area (Å²) in [5.74, 6) is 1.31. The summed E-state index contributed by atoms with van der Waals surface area (Å²) >= 11 is 0. The Kier molecular flexibility index (Phi) is 5.76. The molecular weight excluding hydrogens is 366 g/mol. The van der Waals surface area contributed by atoms with Crippen LogP contribution in [0.1, 0.15) is 19.4 Å². The number of nitrogens with zero attached hydrogens (tertiary/aromatic N) is 1.